The molecule has 0 spiro atoms. The van der Waals surface area contributed by atoms with Crippen LogP contribution in [-0.2, 0) is 16.9 Å². The average molecular weight is 556 g/mol. The zero-order chi connectivity index (χ0) is 28.5. The SMILES string of the molecule is CC.CC.COc1ccc(-c2cc(S(C)(=O)=O)ccc2C(=O)Nc2ccc(Cl)c(-c3ccn(C)n3)c2)cc1. The molecule has 0 aliphatic heterocycles. The number of sulfone groups is 1. The summed E-state index contributed by atoms with van der Waals surface area (Å²) in [7, 11) is -0.0981. The molecule has 0 fully saturated rings. The molecule has 0 saturated heterocycles. The van der Waals surface area contributed by atoms with E-state index in [2.05, 4.69) is 10.4 Å². The smallest absolute Gasteiger partial charge is 0.256 e. The van der Waals surface area contributed by atoms with Gasteiger partial charge in [0.15, 0.2) is 9.84 Å². The van der Waals surface area contributed by atoms with E-state index in [0.29, 0.717) is 44.4 Å². The number of ether oxygens (including phenoxy) is 1. The summed E-state index contributed by atoms with van der Waals surface area (Å²) < 4.78 is 31.2. The first-order valence-corrected chi connectivity index (χ1v) is 14.5. The van der Waals surface area contributed by atoms with Crippen LogP contribution in [0.1, 0.15) is 38.1 Å². The van der Waals surface area contributed by atoms with Crippen LogP contribution in [0.4, 0.5) is 5.69 Å². The van der Waals surface area contributed by atoms with Gasteiger partial charge in [0.05, 0.1) is 22.7 Å². The molecule has 0 atom stereocenters. The Kier molecular flexibility index (Phi) is 11.1. The minimum Gasteiger partial charge on any atom is -0.497 e. The van der Waals surface area contributed by atoms with Gasteiger partial charge in [-0.15, -0.1) is 0 Å². The summed E-state index contributed by atoms with van der Waals surface area (Å²) in [6.07, 6.45) is 2.94. The Morgan fingerprint density at radius 3 is 2.13 bits per heavy atom. The van der Waals surface area contributed by atoms with Crippen LogP contribution in [-0.4, -0.2) is 37.5 Å². The molecule has 38 heavy (non-hydrogen) atoms. The van der Waals surface area contributed by atoms with E-state index in [4.69, 9.17) is 16.3 Å². The predicted octanol–water partition coefficient (Wildman–Crippen LogP) is 7.12. The van der Waals surface area contributed by atoms with Crippen molar-refractivity contribution in [2.75, 3.05) is 18.7 Å². The number of benzene rings is 3. The van der Waals surface area contributed by atoms with Crippen molar-refractivity contribution in [3.8, 4) is 28.1 Å². The molecule has 0 saturated carbocycles. The quantitative estimate of drug-likeness (QED) is 0.273. The number of rotatable bonds is 6. The standard InChI is InChI=1S/C25H22ClN3O4S.2C2H6/c1-29-13-12-24(28-29)22-14-17(6-11-23(22)26)27-25(30)20-10-9-19(34(3,31)32)15-21(20)16-4-7-18(33-2)8-5-16;2*1-2/h4-15H,1-3H3,(H,27,30);2*1-2H3. The number of aromatic nitrogens is 2. The highest BCUT2D eigenvalue weighted by molar-refractivity contribution is 7.90. The second-order valence-electron chi connectivity index (χ2n) is 7.73. The highest BCUT2D eigenvalue weighted by Gasteiger charge is 2.18. The molecule has 0 unspecified atom stereocenters. The van der Waals surface area contributed by atoms with E-state index in [-0.39, 0.29) is 10.8 Å². The fraction of sp³-hybridized carbons (Fsp3) is 0.241. The average Bonchev–Trinajstić information content (AvgIpc) is 3.37. The van der Waals surface area contributed by atoms with Crippen molar-refractivity contribution in [3.05, 3.63) is 83.5 Å². The molecule has 1 aromatic heterocycles. The Labute approximate surface area is 230 Å². The van der Waals surface area contributed by atoms with Crippen molar-refractivity contribution < 1.29 is 17.9 Å². The van der Waals surface area contributed by atoms with Crippen LogP contribution in [0.5, 0.6) is 5.75 Å². The molecule has 0 aliphatic rings. The summed E-state index contributed by atoms with van der Waals surface area (Å²) >= 11 is 6.35. The normalized spacial score (nSPS) is 10.4. The minimum atomic E-state index is -3.47. The summed E-state index contributed by atoms with van der Waals surface area (Å²) in [6, 6.07) is 18.5. The fourth-order valence-corrected chi connectivity index (χ4v) is 4.38. The largest absolute Gasteiger partial charge is 0.497 e. The number of amides is 1. The highest BCUT2D eigenvalue weighted by atomic mass is 35.5. The van der Waals surface area contributed by atoms with E-state index in [1.807, 2.05) is 40.8 Å². The van der Waals surface area contributed by atoms with Gasteiger partial charge >= 0.3 is 0 Å². The maximum absolute atomic E-state index is 13.3. The number of carbonyl (C=O) groups excluding carboxylic acids is 1. The molecular formula is C29H34ClN3O4S. The first-order valence-electron chi connectivity index (χ1n) is 12.2. The van der Waals surface area contributed by atoms with Crippen LogP contribution < -0.4 is 10.1 Å². The molecule has 4 aromatic rings. The van der Waals surface area contributed by atoms with Gasteiger partial charge in [-0.2, -0.15) is 5.10 Å². The molecule has 0 bridgehead atoms. The lowest BCUT2D eigenvalue weighted by atomic mass is 9.99. The summed E-state index contributed by atoms with van der Waals surface area (Å²) in [5.74, 6) is 0.261. The van der Waals surface area contributed by atoms with Gasteiger partial charge in [0.2, 0.25) is 0 Å². The maximum Gasteiger partial charge on any atom is 0.256 e. The molecule has 3 aromatic carbocycles. The predicted molar refractivity (Wildman–Crippen MR) is 156 cm³/mol. The number of nitrogens with one attached hydrogen (secondary N) is 1. The Balaban J connectivity index is 0.00000121. The molecule has 0 radical (unpaired) electrons. The zero-order valence-corrected chi connectivity index (χ0v) is 24.3. The number of halogens is 1. The first-order chi connectivity index (χ1) is 18.2. The number of hydrogen-bond donors (Lipinski definition) is 1. The van der Waals surface area contributed by atoms with Crippen LogP contribution in [0, 0.1) is 0 Å². The van der Waals surface area contributed by atoms with Crippen molar-refractivity contribution >= 4 is 33.0 Å². The number of methoxy groups -OCH3 is 1. The molecule has 9 heteroatoms. The number of aryl methyl sites for hydroxylation is 1. The van der Waals surface area contributed by atoms with Gasteiger partial charge in [-0.05, 0) is 65.7 Å². The lowest BCUT2D eigenvalue weighted by Crippen LogP contribution is -2.14. The van der Waals surface area contributed by atoms with E-state index in [0.717, 1.165) is 6.26 Å². The van der Waals surface area contributed by atoms with E-state index >= 15 is 0 Å². The third-order valence-electron chi connectivity index (χ3n) is 5.28. The van der Waals surface area contributed by atoms with Crippen LogP contribution >= 0.6 is 11.6 Å². The Hall–Kier alpha value is -3.62. The third kappa shape index (κ3) is 7.46. The first kappa shape index (κ1) is 30.6. The highest BCUT2D eigenvalue weighted by Crippen LogP contribution is 2.32. The van der Waals surface area contributed by atoms with Crippen LogP contribution in [0.25, 0.3) is 22.4 Å². The van der Waals surface area contributed by atoms with Gasteiger partial charge in [0.25, 0.3) is 5.91 Å². The number of carbonyl (C=O) groups is 1. The third-order valence-corrected chi connectivity index (χ3v) is 6.72. The molecule has 0 aliphatic carbocycles. The number of nitrogens with zero attached hydrogens (tertiary/aromatic N) is 2. The second kappa shape index (κ2) is 13.8. The van der Waals surface area contributed by atoms with Crippen molar-refractivity contribution in [1.29, 1.82) is 0 Å². The Morgan fingerprint density at radius 2 is 1.58 bits per heavy atom. The Morgan fingerprint density at radius 1 is 0.921 bits per heavy atom. The second-order valence-corrected chi connectivity index (χ2v) is 10.2. The number of hydrogen-bond acceptors (Lipinski definition) is 5. The molecular weight excluding hydrogens is 522 g/mol. The summed E-state index contributed by atoms with van der Waals surface area (Å²) in [5.41, 5.74) is 3.39. The monoisotopic (exact) mass is 555 g/mol. The van der Waals surface area contributed by atoms with Crippen molar-refractivity contribution in [1.82, 2.24) is 9.78 Å². The zero-order valence-electron chi connectivity index (χ0n) is 22.7. The molecule has 1 amide bonds. The number of anilines is 1. The van der Waals surface area contributed by atoms with E-state index in [1.54, 1.807) is 60.5 Å². The van der Waals surface area contributed by atoms with Crippen molar-refractivity contribution in [2.24, 2.45) is 7.05 Å². The Bertz CT molecular complexity index is 1480. The summed E-state index contributed by atoms with van der Waals surface area (Å²) in [6.45, 7) is 8.00. The van der Waals surface area contributed by atoms with Gasteiger partial charge < -0.3 is 10.1 Å². The molecule has 1 N–H and O–H groups in total. The van der Waals surface area contributed by atoms with Gasteiger partial charge in [0.1, 0.15) is 5.75 Å². The van der Waals surface area contributed by atoms with E-state index < -0.39 is 9.84 Å². The van der Waals surface area contributed by atoms with Gasteiger partial charge in [0, 0.05) is 36.3 Å². The minimum absolute atomic E-state index is 0.124. The summed E-state index contributed by atoms with van der Waals surface area (Å²) in [5, 5.41) is 7.77. The van der Waals surface area contributed by atoms with E-state index in [9.17, 15) is 13.2 Å². The van der Waals surface area contributed by atoms with Crippen LogP contribution in [0.3, 0.4) is 0 Å². The van der Waals surface area contributed by atoms with Gasteiger partial charge in [-0.1, -0.05) is 51.4 Å². The molecule has 1 heterocycles. The van der Waals surface area contributed by atoms with Crippen LogP contribution in [0.2, 0.25) is 5.02 Å². The molecule has 202 valence electrons. The lowest BCUT2D eigenvalue weighted by molar-refractivity contribution is 0.102. The van der Waals surface area contributed by atoms with Crippen LogP contribution in [0.15, 0.2) is 77.8 Å². The van der Waals surface area contributed by atoms with Gasteiger partial charge in [-0.3, -0.25) is 9.48 Å². The fourth-order valence-electron chi connectivity index (χ4n) is 3.52. The van der Waals surface area contributed by atoms with Crippen molar-refractivity contribution in [3.63, 3.8) is 0 Å². The molecule has 4 rings (SSSR count). The maximum atomic E-state index is 13.3. The van der Waals surface area contributed by atoms with Gasteiger partial charge in [-0.25, -0.2) is 8.42 Å². The topological polar surface area (TPSA) is 90.3 Å². The lowest BCUT2D eigenvalue weighted by Gasteiger charge is -2.13. The van der Waals surface area contributed by atoms with E-state index in [1.165, 1.54) is 18.2 Å². The van der Waals surface area contributed by atoms with Crippen molar-refractivity contribution in [2.45, 2.75) is 32.6 Å². The summed E-state index contributed by atoms with van der Waals surface area (Å²) in [4.78, 5) is 13.4. The molecule has 7 nitrogen and oxygen atoms in total.